The Kier molecular flexibility index (Phi) is 9.35. The van der Waals surface area contributed by atoms with E-state index >= 15 is 0 Å². The maximum absolute atomic E-state index is 12.7. The molecule has 1 heterocycles. The number of methoxy groups -OCH3 is 1. The second-order valence-electron chi connectivity index (χ2n) is 9.14. The second-order valence-corrected chi connectivity index (χ2v) is 9.14. The highest BCUT2D eigenvalue weighted by molar-refractivity contribution is 5.70. The monoisotopic (exact) mass is 455 g/mol. The van der Waals surface area contributed by atoms with E-state index in [-0.39, 0.29) is 5.75 Å². The molecule has 0 bridgehead atoms. The normalized spacial score (nSPS) is 18.1. The van der Waals surface area contributed by atoms with Crippen LogP contribution in [0.4, 0.5) is 4.79 Å². The fourth-order valence-electron chi connectivity index (χ4n) is 3.95. The van der Waals surface area contributed by atoms with E-state index in [1.165, 1.54) is 0 Å². The van der Waals surface area contributed by atoms with Crippen molar-refractivity contribution in [1.82, 2.24) is 5.32 Å². The number of hydrogen-bond donors (Lipinski definition) is 2. The topological polar surface area (TPSA) is 67.8 Å². The molecular formula is C27H39N2O4+. The average molecular weight is 456 g/mol. The van der Waals surface area contributed by atoms with Crippen LogP contribution in [-0.2, 0) is 9.47 Å². The van der Waals surface area contributed by atoms with E-state index in [1.54, 1.807) is 32.2 Å². The minimum Gasteiger partial charge on any atom is -0.508 e. The van der Waals surface area contributed by atoms with Crippen molar-refractivity contribution in [3.63, 3.8) is 0 Å². The molecule has 0 radical (unpaired) electrons. The number of benzene rings is 1. The number of carbonyl (C=O) groups excluding carboxylic acids is 1. The number of allylic oxidation sites excluding steroid dienone is 4. The first-order chi connectivity index (χ1) is 15.6. The molecule has 2 N–H and O–H groups in total. The van der Waals surface area contributed by atoms with Crippen LogP contribution in [0.5, 0.6) is 5.75 Å². The molecule has 0 saturated carbocycles. The van der Waals surface area contributed by atoms with Gasteiger partial charge >= 0.3 is 6.09 Å². The molecule has 180 valence electrons. The van der Waals surface area contributed by atoms with Crippen LogP contribution >= 0.6 is 0 Å². The zero-order chi connectivity index (χ0) is 24.6. The summed E-state index contributed by atoms with van der Waals surface area (Å²) in [6.45, 7) is 9.66. The van der Waals surface area contributed by atoms with Crippen LogP contribution in [0, 0.1) is 0 Å². The van der Waals surface area contributed by atoms with E-state index in [4.69, 9.17) is 9.47 Å². The Hall–Kier alpha value is -2.99. The third kappa shape index (κ3) is 7.53. The maximum atomic E-state index is 12.7. The molecule has 0 fully saturated rings. The van der Waals surface area contributed by atoms with Crippen molar-refractivity contribution in [2.24, 2.45) is 0 Å². The lowest BCUT2D eigenvalue weighted by Crippen LogP contribution is -2.47. The number of aromatic hydroxyl groups is 1. The molecule has 0 saturated heterocycles. The summed E-state index contributed by atoms with van der Waals surface area (Å²) in [4.78, 5) is 12.7. The van der Waals surface area contributed by atoms with Gasteiger partial charge in [0.2, 0.25) is 0 Å². The molecular weight excluding hydrogens is 416 g/mol. The summed E-state index contributed by atoms with van der Waals surface area (Å²) in [5.41, 5.74) is 4.72. The zero-order valence-electron chi connectivity index (χ0n) is 21.1. The largest absolute Gasteiger partial charge is 0.508 e. The van der Waals surface area contributed by atoms with Crippen LogP contribution < -0.4 is 5.32 Å². The van der Waals surface area contributed by atoms with Gasteiger partial charge in [0, 0.05) is 23.3 Å². The molecule has 0 aliphatic carbocycles. The summed E-state index contributed by atoms with van der Waals surface area (Å²) in [6.07, 6.45) is 6.76. The third-order valence-electron chi connectivity index (χ3n) is 5.91. The zero-order valence-corrected chi connectivity index (χ0v) is 21.1. The van der Waals surface area contributed by atoms with Gasteiger partial charge < -0.3 is 19.1 Å². The lowest BCUT2D eigenvalue weighted by Gasteiger charge is -2.36. The van der Waals surface area contributed by atoms with Gasteiger partial charge in [-0.15, -0.1) is 0 Å². The second kappa shape index (κ2) is 11.8. The van der Waals surface area contributed by atoms with E-state index in [0.717, 1.165) is 58.6 Å². The fraction of sp³-hybridized carbons (Fsp3) is 0.444. The molecule has 6 heteroatoms. The standard InChI is InChI=1S/C27H38N2O4/c1-8-11-20(3)26(32-7)15-14-19(2)23-18-29(5,6)17-16-24(23)28-27(31)33-21(4)22-12-9-10-13-25(22)30/h9-15,21H,8,16-18H2,1-7H3,(H-,28,30,31)/p+1/b19-14+,20-11+,26-15+. The van der Waals surface area contributed by atoms with Crippen LogP contribution in [0.1, 0.15) is 52.2 Å². The average Bonchev–Trinajstić information content (AvgIpc) is 2.75. The number of carbonyl (C=O) groups is 1. The van der Waals surface area contributed by atoms with E-state index in [0.29, 0.717) is 5.56 Å². The lowest BCUT2D eigenvalue weighted by molar-refractivity contribution is -0.887. The minimum atomic E-state index is -0.566. The van der Waals surface area contributed by atoms with Crippen molar-refractivity contribution in [2.75, 3.05) is 34.3 Å². The highest BCUT2D eigenvalue weighted by Crippen LogP contribution is 2.28. The summed E-state index contributed by atoms with van der Waals surface area (Å²) in [7, 11) is 6.05. The van der Waals surface area contributed by atoms with Crippen LogP contribution in [0.15, 0.2) is 70.7 Å². The number of nitrogens with zero attached hydrogens (tertiary/aromatic N) is 1. The van der Waals surface area contributed by atoms with Gasteiger partial charge in [-0.3, -0.25) is 5.32 Å². The number of phenols is 1. The number of para-hydroxylation sites is 1. The number of nitrogens with one attached hydrogen (secondary N) is 1. The predicted octanol–water partition coefficient (Wildman–Crippen LogP) is 5.75. The quantitative estimate of drug-likeness (QED) is 0.298. The summed E-state index contributed by atoms with van der Waals surface area (Å²) in [5, 5.41) is 13.0. The summed E-state index contributed by atoms with van der Waals surface area (Å²) >= 11 is 0. The van der Waals surface area contributed by atoms with Crippen molar-refractivity contribution >= 4 is 6.09 Å². The first-order valence-electron chi connectivity index (χ1n) is 11.5. The SMILES string of the molecule is CC/C=C(C)/C(=C\C=C(/C)C1=C(NC(=O)OC(C)c2ccccc2O)CC[N+](C)(C)C1)OC. The molecule has 1 aromatic rings. The first kappa shape index (κ1) is 26.3. The Balaban J connectivity index is 2.27. The Morgan fingerprint density at radius 2 is 1.94 bits per heavy atom. The van der Waals surface area contributed by atoms with Crippen LogP contribution in [0.3, 0.4) is 0 Å². The van der Waals surface area contributed by atoms with Crippen LogP contribution in [0.2, 0.25) is 0 Å². The molecule has 1 unspecified atom stereocenters. The summed E-state index contributed by atoms with van der Waals surface area (Å²) in [5.74, 6) is 0.938. The van der Waals surface area contributed by atoms with E-state index in [2.05, 4.69) is 39.3 Å². The number of hydrogen-bond acceptors (Lipinski definition) is 4. The number of likely N-dealkylation sites (N-methyl/N-ethyl adjacent to an activating group) is 1. The summed E-state index contributed by atoms with van der Waals surface area (Å²) < 4.78 is 12.0. The molecule has 2 rings (SSSR count). The molecule has 1 aliphatic heterocycles. The first-order valence-corrected chi connectivity index (χ1v) is 11.5. The predicted molar refractivity (Wildman–Crippen MR) is 133 cm³/mol. The van der Waals surface area contributed by atoms with Crippen molar-refractivity contribution in [3.8, 4) is 5.75 Å². The number of quaternary nitrogens is 1. The number of phenolic OH excluding ortho intramolecular Hbond substituents is 1. The highest BCUT2D eigenvalue weighted by Gasteiger charge is 2.28. The third-order valence-corrected chi connectivity index (χ3v) is 5.91. The minimum absolute atomic E-state index is 0.112. The Morgan fingerprint density at radius 3 is 2.58 bits per heavy atom. The molecule has 33 heavy (non-hydrogen) atoms. The van der Waals surface area contributed by atoms with Gasteiger partial charge in [0.25, 0.3) is 0 Å². The number of ether oxygens (including phenoxy) is 2. The lowest BCUT2D eigenvalue weighted by atomic mass is 9.97. The van der Waals surface area contributed by atoms with Gasteiger partial charge in [-0.05, 0) is 50.5 Å². The van der Waals surface area contributed by atoms with Crippen molar-refractivity contribution in [3.05, 3.63) is 76.2 Å². The van der Waals surface area contributed by atoms with E-state index < -0.39 is 12.2 Å². The van der Waals surface area contributed by atoms with Crippen LogP contribution in [0.25, 0.3) is 0 Å². The van der Waals surface area contributed by atoms with Crippen molar-refractivity contribution < 1.29 is 23.9 Å². The Bertz CT molecular complexity index is 970. The molecule has 1 amide bonds. The van der Waals surface area contributed by atoms with Gasteiger partial charge in [-0.25, -0.2) is 4.79 Å². The van der Waals surface area contributed by atoms with Gasteiger partial charge in [0.05, 0.1) is 27.7 Å². The maximum Gasteiger partial charge on any atom is 0.411 e. The smallest absolute Gasteiger partial charge is 0.411 e. The highest BCUT2D eigenvalue weighted by atomic mass is 16.6. The fourth-order valence-corrected chi connectivity index (χ4v) is 3.95. The van der Waals surface area contributed by atoms with Gasteiger partial charge in [-0.1, -0.05) is 37.3 Å². The Morgan fingerprint density at radius 1 is 1.24 bits per heavy atom. The van der Waals surface area contributed by atoms with Crippen LogP contribution in [-0.4, -0.2) is 50.0 Å². The molecule has 1 atom stereocenters. The van der Waals surface area contributed by atoms with Crippen molar-refractivity contribution in [2.45, 2.75) is 46.6 Å². The van der Waals surface area contributed by atoms with Gasteiger partial charge in [-0.2, -0.15) is 0 Å². The molecule has 0 aromatic heterocycles. The van der Waals surface area contributed by atoms with Gasteiger partial charge in [0.15, 0.2) is 0 Å². The molecule has 1 aliphatic rings. The Labute approximate surface area is 198 Å². The molecule has 0 spiro atoms. The van der Waals surface area contributed by atoms with E-state index in [1.807, 2.05) is 25.1 Å². The summed E-state index contributed by atoms with van der Waals surface area (Å²) in [6, 6.07) is 6.88. The van der Waals surface area contributed by atoms with E-state index in [9.17, 15) is 9.90 Å². The van der Waals surface area contributed by atoms with Gasteiger partial charge in [0.1, 0.15) is 24.2 Å². The molecule has 1 aromatic carbocycles. The number of rotatable bonds is 8. The molecule has 6 nitrogen and oxygen atoms in total. The number of alkyl carbamates (subject to hydrolysis) is 1. The number of amides is 1. The van der Waals surface area contributed by atoms with Crippen molar-refractivity contribution in [1.29, 1.82) is 0 Å².